The third-order valence-corrected chi connectivity index (χ3v) is 4.09. The topological polar surface area (TPSA) is 83.8 Å². The number of anilines is 1. The average molecular weight is 332 g/mol. The number of rotatable bonds is 3. The minimum atomic E-state index is -0.298. The second-order valence-electron chi connectivity index (χ2n) is 5.93. The van der Waals surface area contributed by atoms with E-state index in [1.54, 1.807) is 6.20 Å². The molecule has 25 heavy (non-hydrogen) atoms. The van der Waals surface area contributed by atoms with Gasteiger partial charge in [0.05, 0.1) is 5.56 Å². The molecule has 6 nitrogen and oxygen atoms in total. The van der Waals surface area contributed by atoms with Gasteiger partial charge in [-0.1, -0.05) is 41.0 Å². The quantitative estimate of drug-likeness (QED) is 0.592. The molecule has 4 aromatic rings. The summed E-state index contributed by atoms with van der Waals surface area (Å²) < 4.78 is 5.61. The van der Waals surface area contributed by atoms with Crippen LogP contribution in [-0.2, 0) is 0 Å². The molecule has 124 valence electrons. The van der Waals surface area contributed by atoms with Crippen molar-refractivity contribution in [2.24, 2.45) is 0 Å². The first-order chi connectivity index (χ1) is 12.1. The molecular formula is C19H16N4O2. The second-order valence-corrected chi connectivity index (χ2v) is 5.93. The Bertz CT molecular complexity index is 1080. The highest BCUT2D eigenvalue weighted by molar-refractivity contribution is 6.12. The van der Waals surface area contributed by atoms with Crippen LogP contribution in [0.5, 0.6) is 0 Å². The van der Waals surface area contributed by atoms with Gasteiger partial charge in [0.15, 0.2) is 0 Å². The number of aromatic nitrogens is 3. The lowest BCUT2D eigenvalue weighted by Crippen LogP contribution is -2.11. The van der Waals surface area contributed by atoms with E-state index in [4.69, 9.17) is 4.42 Å². The molecule has 0 atom stereocenters. The highest BCUT2D eigenvalue weighted by Gasteiger charge is 2.16. The number of amides is 1. The second kappa shape index (κ2) is 5.90. The van der Waals surface area contributed by atoms with Crippen LogP contribution >= 0.6 is 0 Å². The maximum atomic E-state index is 12.5. The lowest BCUT2D eigenvalue weighted by atomic mass is 10.1. The smallest absolute Gasteiger partial charge is 0.322 e. The number of aromatic amines is 1. The fourth-order valence-electron chi connectivity index (χ4n) is 2.86. The summed E-state index contributed by atoms with van der Waals surface area (Å²) in [6.45, 7) is 4.01. The molecule has 2 aromatic carbocycles. The molecule has 0 aliphatic carbocycles. The van der Waals surface area contributed by atoms with Crippen molar-refractivity contribution in [2.75, 3.05) is 5.32 Å². The molecule has 4 rings (SSSR count). The predicted octanol–water partition coefficient (Wildman–Crippen LogP) is 4.09. The van der Waals surface area contributed by atoms with Gasteiger partial charge >= 0.3 is 6.01 Å². The molecule has 2 heterocycles. The van der Waals surface area contributed by atoms with Crippen LogP contribution in [0.4, 0.5) is 6.01 Å². The van der Waals surface area contributed by atoms with Crippen LogP contribution < -0.4 is 5.32 Å². The van der Waals surface area contributed by atoms with E-state index in [0.29, 0.717) is 11.5 Å². The Kier molecular flexibility index (Phi) is 3.57. The van der Waals surface area contributed by atoms with E-state index in [-0.39, 0.29) is 11.9 Å². The maximum absolute atomic E-state index is 12.5. The van der Waals surface area contributed by atoms with Crippen LogP contribution in [0.3, 0.4) is 0 Å². The van der Waals surface area contributed by atoms with Gasteiger partial charge in [0.1, 0.15) is 0 Å². The number of nitrogens with zero attached hydrogens (tertiary/aromatic N) is 2. The van der Waals surface area contributed by atoms with Crippen molar-refractivity contribution in [3.63, 3.8) is 0 Å². The molecule has 0 fully saturated rings. The van der Waals surface area contributed by atoms with Gasteiger partial charge in [-0.2, -0.15) is 0 Å². The van der Waals surface area contributed by atoms with E-state index in [0.717, 1.165) is 27.6 Å². The summed E-state index contributed by atoms with van der Waals surface area (Å²) in [7, 11) is 0. The van der Waals surface area contributed by atoms with Crippen molar-refractivity contribution in [3.05, 3.63) is 65.4 Å². The van der Waals surface area contributed by atoms with Crippen LogP contribution in [0.15, 0.2) is 53.1 Å². The van der Waals surface area contributed by atoms with Crippen LogP contribution in [-0.4, -0.2) is 21.1 Å². The van der Waals surface area contributed by atoms with Gasteiger partial charge in [-0.05, 0) is 31.5 Å². The Labute approximate surface area is 143 Å². The van der Waals surface area contributed by atoms with Gasteiger partial charge in [-0.25, -0.2) is 0 Å². The van der Waals surface area contributed by atoms with Gasteiger partial charge < -0.3 is 9.40 Å². The van der Waals surface area contributed by atoms with Crippen LogP contribution in [0.2, 0.25) is 0 Å². The first kappa shape index (κ1) is 15.1. The number of hydrogen-bond donors (Lipinski definition) is 2. The summed E-state index contributed by atoms with van der Waals surface area (Å²) in [6.07, 6.45) is 1.67. The Morgan fingerprint density at radius 2 is 1.96 bits per heavy atom. The summed E-state index contributed by atoms with van der Waals surface area (Å²) in [5.41, 5.74) is 4.48. The third-order valence-electron chi connectivity index (χ3n) is 4.09. The first-order valence-corrected chi connectivity index (χ1v) is 7.90. The van der Waals surface area contributed by atoms with Crippen LogP contribution in [0, 0.1) is 13.8 Å². The highest BCUT2D eigenvalue weighted by Crippen LogP contribution is 2.25. The van der Waals surface area contributed by atoms with Gasteiger partial charge in [-0.15, -0.1) is 5.10 Å². The Balaban J connectivity index is 1.59. The Morgan fingerprint density at radius 1 is 1.12 bits per heavy atom. The van der Waals surface area contributed by atoms with E-state index in [1.807, 2.05) is 56.3 Å². The SMILES string of the molecule is Cc1ccc(-c2nnc(NC(=O)c3c[nH]c4ccccc34)o2)c(C)c1. The van der Waals surface area contributed by atoms with E-state index in [9.17, 15) is 4.79 Å². The number of aryl methyl sites for hydroxylation is 2. The lowest BCUT2D eigenvalue weighted by Gasteiger charge is -2.02. The molecule has 0 saturated carbocycles. The molecule has 2 aromatic heterocycles. The zero-order chi connectivity index (χ0) is 17.4. The van der Waals surface area contributed by atoms with Crippen molar-refractivity contribution in [1.82, 2.24) is 15.2 Å². The van der Waals surface area contributed by atoms with Crippen molar-refractivity contribution in [3.8, 4) is 11.5 Å². The van der Waals surface area contributed by atoms with Crippen molar-refractivity contribution in [1.29, 1.82) is 0 Å². The molecule has 0 radical (unpaired) electrons. The average Bonchev–Trinajstić information content (AvgIpc) is 3.21. The first-order valence-electron chi connectivity index (χ1n) is 7.90. The van der Waals surface area contributed by atoms with E-state index in [2.05, 4.69) is 20.5 Å². The lowest BCUT2D eigenvalue weighted by molar-refractivity contribution is 0.102. The number of H-pyrrole nitrogens is 1. The molecular weight excluding hydrogens is 316 g/mol. The monoisotopic (exact) mass is 332 g/mol. The molecule has 6 heteroatoms. The molecule has 0 spiro atoms. The molecule has 2 N–H and O–H groups in total. The van der Waals surface area contributed by atoms with Crippen LogP contribution in [0.1, 0.15) is 21.5 Å². The minimum Gasteiger partial charge on any atom is -0.403 e. The van der Waals surface area contributed by atoms with E-state index in [1.165, 1.54) is 0 Å². The Hall–Kier alpha value is -3.41. The number of carbonyl (C=O) groups excluding carboxylic acids is 1. The van der Waals surface area contributed by atoms with E-state index < -0.39 is 0 Å². The Morgan fingerprint density at radius 3 is 2.80 bits per heavy atom. The maximum Gasteiger partial charge on any atom is 0.322 e. The molecule has 1 amide bonds. The number of nitrogens with one attached hydrogen (secondary N) is 2. The zero-order valence-corrected chi connectivity index (χ0v) is 13.8. The molecule has 0 aliphatic rings. The number of hydrogen-bond acceptors (Lipinski definition) is 4. The van der Waals surface area contributed by atoms with Gasteiger partial charge in [0.25, 0.3) is 5.91 Å². The third kappa shape index (κ3) is 2.78. The van der Waals surface area contributed by atoms with Crippen molar-refractivity contribution >= 4 is 22.8 Å². The molecule has 0 aliphatic heterocycles. The minimum absolute atomic E-state index is 0.0743. The predicted molar refractivity (Wildman–Crippen MR) is 95.5 cm³/mol. The zero-order valence-electron chi connectivity index (χ0n) is 13.8. The largest absolute Gasteiger partial charge is 0.403 e. The number of carbonyl (C=O) groups is 1. The summed E-state index contributed by atoms with van der Waals surface area (Å²) in [5.74, 6) is 0.0833. The summed E-state index contributed by atoms with van der Waals surface area (Å²) >= 11 is 0. The fraction of sp³-hybridized carbons (Fsp3) is 0.105. The molecule has 0 bridgehead atoms. The summed E-state index contributed by atoms with van der Waals surface area (Å²) in [6, 6.07) is 13.6. The van der Waals surface area contributed by atoms with E-state index >= 15 is 0 Å². The number of fused-ring (bicyclic) bond motifs is 1. The van der Waals surface area contributed by atoms with Gasteiger partial charge in [0, 0.05) is 22.7 Å². The van der Waals surface area contributed by atoms with Crippen molar-refractivity contribution < 1.29 is 9.21 Å². The normalized spacial score (nSPS) is 11.0. The fourth-order valence-corrected chi connectivity index (χ4v) is 2.86. The van der Waals surface area contributed by atoms with Gasteiger partial charge in [0.2, 0.25) is 5.89 Å². The molecule has 0 saturated heterocycles. The number of benzene rings is 2. The number of para-hydroxylation sites is 1. The van der Waals surface area contributed by atoms with Crippen LogP contribution in [0.25, 0.3) is 22.4 Å². The standard InChI is InChI=1S/C19H16N4O2/c1-11-7-8-13(12(2)9-11)18-22-23-19(25-18)21-17(24)15-10-20-16-6-4-3-5-14(15)16/h3-10,20H,1-2H3,(H,21,23,24). The van der Waals surface area contributed by atoms with Crippen molar-refractivity contribution in [2.45, 2.75) is 13.8 Å². The van der Waals surface area contributed by atoms with Gasteiger partial charge in [-0.3, -0.25) is 10.1 Å². The molecule has 0 unspecified atom stereocenters. The highest BCUT2D eigenvalue weighted by atomic mass is 16.4. The summed E-state index contributed by atoms with van der Waals surface area (Å²) in [5, 5.41) is 11.5. The summed E-state index contributed by atoms with van der Waals surface area (Å²) in [4.78, 5) is 15.6.